The average molecular weight is 291 g/mol. The molecule has 0 spiro atoms. The predicted molar refractivity (Wildman–Crippen MR) is 65.7 cm³/mol. The van der Waals surface area contributed by atoms with Gasteiger partial charge in [0.05, 0.1) is 0 Å². The molecule has 1 amide bonds. The first-order chi connectivity index (χ1) is 9.31. The minimum absolute atomic E-state index is 0.205. The molecule has 0 heterocycles. The van der Waals surface area contributed by atoms with Gasteiger partial charge in [-0.05, 0) is 17.7 Å². The van der Waals surface area contributed by atoms with Gasteiger partial charge in [-0.1, -0.05) is 24.3 Å². The lowest BCUT2D eigenvalue weighted by Crippen LogP contribution is -2.33. The highest BCUT2D eigenvalue weighted by Gasteiger charge is 2.43. The molecule has 0 aromatic heterocycles. The second-order valence-corrected chi connectivity index (χ2v) is 3.88. The van der Waals surface area contributed by atoms with Crippen molar-refractivity contribution in [3.05, 3.63) is 35.9 Å². The Bertz CT molecular complexity index is 489. The monoisotopic (exact) mass is 291 g/mol. The molecule has 1 N–H and O–H groups in total. The van der Waals surface area contributed by atoms with Gasteiger partial charge >= 0.3 is 12.5 Å². The number of nitrogens with one attached hydrogen (secondary N) is 1. The third-order valence-corrected chi connectivity index (χ3v) is 2.15. The Kier molecular flexibility index (Phi) is 5.54. The first-order valence-corrected chi connectivity index (χ1v) is 5.67. The van der Waals surface area contributed by atoms with Crippen LogP contribution in [-0.4, -0.2) is 25.0 Å². The summed E-state index contributed by atoms with van der Waals surface area (Å²) in [6.07, 6.45) is -5.30. The molecule has 0 aliphatic rings. The van der Waals surface area contributed by atoms with E-state index >= 15 is 0 Å². The Morgan fingerprint density at radius 1 is 1.45 bits per heavy atom. The van der Waals surface area contributed by atoms with Crippen molar-refractivity contribution in [3.63, 3.8) is 0 Å². The lowest BCUT2D eigenvalue weighted by atomic mass is 10.2. The highest BCUT2D eigenvalue weighted by molar-refractivity contribution is 5.73. The normalized spacial score (nSPS) is 11.9. The molecular formula is C13H13F4NO2. The summed E-state index contributed by atoms with van der Waals surface area (Å²) in [7, 11) is 0. The molecular weight excluding hydrogens is 278 g/mol. The van der Waals surface area contributed by atoms with Crippen molar-refractivity contribution < 1.29 is 27.1 Å². The van der Waals surface area contributed by atoms with Crippen LogP contribution >= 0.6 is 0 Å². The van der Waals surface area contributed by atoms with Gasteiger partial charge in [-0.3, -0.25) is 4.79 Å². The number of hydrogen-bond acceptors (Lipinski definition) is 2. The molecule has 0 atom stereocenters. The zero-order chi connectivity index (χ0) is 15.2. The van der Waals surface area contributed by atoms with Crippen LogP contribution in [0.1, 0.15) is 12.5 Å². The first kappa shape index (κ1) is 16.0. The van der Waals surface area contributed by atoms with Crippen molar-refractivity contribution in [2.45, 2.75) is 19.5 Å². The standard InChI is InChI=1S/C13H13F4NO2/c1-9(19)18-7-3-5-10-4-2-6-11(8-10)20-13(16,17)12(14)15/h2-6,8,12H,7H2,1H3,(H,18,19). The Hall–Kier alpha value is -2.05. The molecule has 0 saturated heterocycles. The maximum absolute atomic E-state index is 12.7. The number of amides is 1. The van der Waals surface area contributed by atoms with E-state index < -0.39 is 12.5 Å². The fourth-order valence-electron chi connectivity index (χ4n) is 1.28. The number of benzene rings is 1. The zero-order valence-corrected chi connectivity index (χ0v) is 10.6. The lowest BCUT2D eigenvalue weighted by Gasteiger charge is -2.16. The SMILES string of the molecule is CC(=O)NCC=Cc1cccc(OC(F)(F)C(F)F)c1. The molecule has 0 aliphatic carbocycles. The lowest BCUT2D eigenvalue weighted by molar-refractivity contribution is -0.253. The van der Waals surface area contributed by atoms with E-state index in [9.17, 15) is 22.4 Å². The summed E-state index contributed by atoms with van der Waals surface area (Å²) < 4.78 is 53.4. The number of rotatable bonds is 6. The van der Waals surface area contributed by atoms with Gasteiger partial charge in [0.15, 0.2) is 0 Å². The van der Waals surface area contributed by atoms with Crippen LogP contribution < -0.4 is 10.1 Å². The van der Waals surface area contributed by atoms with E-state index in [1.807, 2.05) is 0 Å². The van der Waals surface area contributed by atoms with Crippen molar-refractivity contribution in [2.24, 2.45) is 0 Å². The van der Waals surface area contributed by atoms with Gasteiger partial charge in [-0.2, -0.15) is 17.6 Å². The van der Waals surface area contributed by atoms with Crippen LogP contribution in [0.4, 0.5) is 17.6 Å². The number of carbonyl (C=O) groups is 1. The molecule has 20 heavy (non-hydrogen) atoms. The van der Waals surface area contributed by atoms with E-state index in [2.05, 4.69) is 10.1 Å². The number of ether oxygens (including phenoxy) is 1. The van der Waals surface area contributed by atoms with Gasteiger partial charge in [0.1, 0.15) is 5.75 Å². The molecule has 0 unspecified atom stereocenters. The Labute approximate surface area is 113 Å². The third-order valence-electron chi connectivity index (χ3n) is 2.15. The maximum atomic E-state index is 12.7. The van der Waals surface area contributed by atoms with E-state index in [1.165, 1.54) is 19.1 Å². The number of carbonyl (C=O) groups excluding carboxylic acids is 1. The van der Waals surface area contributed by atoms with Gasteiger partial charge in [-0.25, -0.2) is 0 Å². The van der Waals surface area contributed by atoms with Crippen LogP contribution in [0.15, 0.2) is 30.3 Å². The summed E-state index contributed by atoms with van der Waals surface area (Å²) in [6, 6.07) is 5.33. The first-order valence-electron chi connectivity index (χ1n) is 5.67. The largest absolute Gasteiger partial charge is 0.461 e. The number of alkyl halides is 4. The van der Waals surface area contributed by atoms with Gasteiger partial charge < -0.3 is 10.1 Å². The molecule has 0 aliphatic heterocycles. The molecule has 0 fully saturated rings. The summed E-state index contributed by atoms with van der Waals surface area (Å²) in [4.78, 5) is 10.6. The average Bonchev–Trinajstić information content (AvgIpc) is 2.34. The van der Waals surface area contributed by atoms with Gasteiger partial charge in [0, 0.05) is 13.5 Å². The van der Waals surface area contributed by atoms with Crippen molar-refractivity contribution >= 4 is 12.0 Å². The van der Waals surface area contributed by atoms with E-state index in [0.717, 1.165) is 6.07 Å². The van der Waals surface area contributed by atoms with E-state index in [4.69, 9.17) is 0 Å². The molecule has 0 bridgehead atoms. The van der Waals surface area contributed by atoms with E-state index in [0.29, 0.717) is 5.56 Å². The molecule has 1 aromatic carbocycles. The summed E-state index contributed by atoms with van der Waals surface area (Å²) in [5.74, 6) is -0.569. The summed E-state index contributed by atoms with van der Waals surface area (Å²) in [6.45, 7) is 1.63. The fraction of sp³-hybridized carbons (Fsp3) is 0.308. The quantitative estimate of drug-likeness (QED) is 0.818. The van der Waals surface area contributed by atoms with Crippen LogP contribution in [0.2, 0.25) is 0 Å². The van der Waals surface area contributed by atoms with Crippen molar-refractivity contribution in [3.8, 4) is 5.75 Å². The van der Waals surface area contributed by atoms with Gasteiger partial charge in [0.2, 0.25) is 5.91 Å². The highest BCUT2D eigenvalue weighted by Crippen LogP contribution is 2.27. The van der Waals surface area contributed by atoms with Crippen LogP contribution in [0, 0.1) is 0 Å². The zero-order valence-electron chi connectivity index (χ0n) is 10.6. The highest BCUT2D eigenvalue weighted by atomic mass is 19.3. The topological polar surface area (TPSA) is 38.3 Å². The molecule has 1 rings (SSSR count). The van der Waals surface area contributed by atoms with Crippen LogP contribution in [-0.2, 0) is 4.79 Å². The number of hydrogen-bond donors (Lipinski definition) is 1. The number of halogens is 4. The molecule has 110 valence electrons. The maximum Gasteiger partial charge on any atom is 0.461 e. The smallest absolute Gasteiger partial charge is 0.428 e. The minimum Gasteiger partial charge on any atom is -0.428 e. The summed E-state index contributed by atoms with van der Waals surface area (Å²) in [5, 5.41) is 2.51. The summed E-state index contributed by atoms with van der Waals surface area (Å²) >= 11 is 0. The minimum atomic E-state index is -4.53. The molecule has 7 heteroatoms. The molecule has 0 radical (unpaired) electrons. The molecule has 1 aromatic rings. The van der Waals surface area contributed by atoms with Crippen molar-refractivity contribution in [1.82, 2.24) is 5.32 Å². The van der Waals surface area contributed by atoms with Gasteiger partial charge in [-0.15, -0.1) is 0 Å². The van der Waals surface area contributed by atoms with Crippen LogP contribution in [0.5, 0.6) is 5.75 Å². The van der Waals surface area contributed by atoms with Crippen molar-refractivity contribution in [2.75, 3.05) is 6.54 Å². The third kappa shape index (κ3) is 5.29. The summed E-state index contributed by atoms with van der Waals surface area (Å²) in [5.41, 5.74) is 0.484. The Balaban J connectivity index is 2.69. The Morgan fingerprint density at radius 3 is 2.75 bits per heavy atom. The van der Waals surface area contributed by atoms with E-state index in [-0.39, 0.29) is 18.2 Å². The van der Waals surface area contributed by atoms with Crippen LogP contribution in [0.25, 0.3) is 6.08 Å². The predicted octanol–water partition coefficient (Wildman–Crippen LogP) is 3.07. The van der Waals surface area contributed by atoms with Crippen LogP contribution in [0.3, 0.4) is 0 Å². The second kappa shape index (κ2) is 6.93. The van der Waals surface area contributed by atoms with Gasteiger partial charge in [0.25, 0.3) is 0 Å². The van der Waals surface area contributed by atoms with E-state index in [1.54, 1.807) is 18.2 Å². The Morgan fingerprint density at radius 2 is 2.15 bits per heavy atom. The molecule has 0 saturated carbocycles. The fourth-order valence-corrected chi connectivity index (χ4v) is 1.28. The van der Waals surface area contributed by atoms with Crippen molar-refractivity contribution in [1.29, 1.82) is 0 Å². The second-order valence-electron chi connectivity index (χ2n) is 3.88. The molecule has 3 nitrogen and oxygen atoms in total.